The monoisotopic (exact) mass is 384 g/mol. The first-order valence-electron chi connectivity index (χ1n) is 9.46. The lowest BCUT2D eigenvalue weighted by Crippen LogP contribution is -2.56. The maximum absolute atomic E-state index is 12.9. The highest BCUT2D eigenvalue weighted by molar-refractivity contribution is 5.93. The Labute approximate surface area is 160 Å². The summed E-state index contributed by atoms with van der Waals surface area (Å²) in [5.41, 5.74) is 5.73. The zero-order chi connectivity index (χ0) is 20.7. The number of carbonyl (C=O) groups is 4. The molecule has 0 spiro atoms. The number of amides is 3. The molecule has 154 valence electrons. The van der Waals surface area contributed by atoms with Gasteiger partial charge < -0.3 is 26.4 Å². The van der Waals surface area contributed by atoms with Crippen LogP contribution in [-0.2, 0) is 19.2 Å². The molecular weight excluding hydrogens is 352 g/mol. The number of rotatable bonds is 9. The molecule has 1 fully saturated rings. The molecule has 0 radical (unpaired) electrons. The molecule has 1 heterocycles. The number of carbonyl (C=O) groups excluding carboxylic acids is 3. The van der Waals surface area contributed by atoms with Gasteiger partial charge in [-0.05, 0) is 24.7 Å². The molecule has 5 N–H and O–H groups in total. The standard InChI is InChI=1S/C18H32N4O5/c1-5-11(4)15(17(25)22-8-6-7-12(22)18(26)27)21-13(23)9-20-16(24)14(19)10(2)3/h10-12,14-15H,5-9,19H2,1-4H3,(H,20,24)(H,21,23)(H,26,27). The van der Waals surface area contributed by atoms with Gasteiger partial charge in [-0.15, -0.1) is 0 Å². The summed E-state index contributed by atoms with van der Waals surface area (Å²) in [7, 11) is 0. The van der Waals surface area contributed by atoms with Crippen molar-refractivity contribution in [3.63, 3.8) is 0 Å². The number of hydrogen-bond acceptors (Lipinski definition) is 5. The quantitative estimate of drug-likeness (QED) is 0.430. The Hall–Kier alpha value is -2.16. The molecule has 4 atom stereocenters. The van der Waals surface area contributed by atoms with Crippen molar-refractivity contribution in [3.8, 4) is 0 Å². The van der Waals surface area contributed by atoms with E-state index in [0.717, 1.165) is 0 Å². The van der Waals surface area contributed by atoms with Gasteiger partial charge in [0.1, 0.15) is 12.1 Å². The Kier molecular flexibility index (Phi) is 8.68. The van der Waals surface area contributed by atoms with Crippen molar-refractivity contribution < 1.29 is 24.3 Å². The fourth-order valence-electron chi connectivity index (χ4n) is 2.96. The third-order valence-electron chi connectivity index (χ3n) is 5.06. The molecule has 9 nitrogen and oxygen atoms in total. The summed E-state index contributed by atoms with van der Waals surface area (Å²) in [4.78, 5) is 49.7. The number of carboxylic acids is 1. The van der Waals surface area contributed by atoms with Crippen molar-refractivity contribution in [3.05, 3.63) is 0 Å². The lowest BCUT2D eigenvalue weighted by Gasteiger charge is -2.30. The lowest BCUT2D eigenvalue weighted by molar-refractivity contribution is -0.150. The van der Waals surface area contributed by atoms with Gasteiger partial charge in [0, 0.05) is 6.54 Å². The van der Waals surface area contributed by atoms with Crippen molar-refractivity contribution >= 4 is 23.7 Å². The number of likely N-dealkylation sites (tertiary alicyclic amines) is 1. The second kappa shape index (κ2) is 10.2. The molecular formula is C18H32N4O5. The number of carboxylic acid groups (broad SMARTS) is 1. The highest BCUT2D eigenvalue weighted by atomic mass is 16.4. The topological polar surface area (TPSA) is 142 Å². The number of nitrogens with zero attached hydrogens (tertiary/aromatic N) is 1. The molecule has 4 unspecified atom stereocenters. The third-order valence-corrected chi connectivity index (χ3v) is 5.06. The smallest absolute Gasteiger partial charge is 0.326 e. The van der Waals surface area contributed by atoms with Crippen molar-refractivity contribution in [1.29, 1.82) is 0 Å². The highest BCUT2D eigenvalue weighted by Crippen LogP contribution is 2.21. The zero-order valence-electron chi connectivity index (χ0n) is 16.5. The number of nitrogens with one attached hydrogen (secondary N) is 2. The van der Waals surface area contributed by atoms with Crippen LogP contribution in [0.15, 0.2) is 0 Å². The van der Waals surface area contributed by atoms with E-state index in [1.54, 1.807) is 13.8 Å². The Bertz CT molecular complexity index is 566. The predicted molar refractivity (Wildman–Crippen MR) is 99.6 cm³/mol. The van der Waals surface area contributed by atoms with Gasteiger partial charge in [-0.1, -0.05) is 34.1 Å². The third kappa shape index (κ3) is 6.20. The Morgan fingerprint density at radius 2 is 1.85 bits per heavy atom. The van der Waals surface area contributed by atoms with E-state index in [-0.39, 0.29) is 18.4 Å². The SMILES string of the molecule is CCC(C)C(NC(=O)CNC(=O)C(N)C(C)C)C(=O)N1CCCC1C(=O)O. The van der Waals surface area contributed by atoms with Crippen molar-refractivity contribution in [2.45, 2.75) is 65.1 Å². The van der Waals surface area contributed by atoms with Crippen LogP contribution >= 0.6 is 0 Å². The molecule has 27 heavy (non-hydrogen) atoms. The van der Waals surface area contributed by atoms with Crippen LogP contribution in [0.1, 0.15) is 47.0 Å². The minimum atomic E-state index is -1.04. The van der Waals surface area contributed by atoms with E-state index in [0.29, 0.717) is 25.8 Å². The number of aliphatic carboxylic acids is 1. The van der Waals surface area contributed by atoms with Crippen LogP contribution in [0.2, 0.25) is 0 Å². The minimum Gasteiger partial charge on any atom is -0.480 e. The van der Waals surface area contributed by atoms with E-state index in [1.165, 1.54) is 4.90 Å². The molecule has 0 bridgehead atoms. The first kappa shape index (κ1) is 22.9. The van der Waals surface area contributed by atoms with Gasteiger partial charge >= 0.3 is 5.97 Å². The first-order valence-corrected chi connectivity index (χ1v) is 9.46. The average molecular weight is 384 g/mol. The summed E-state index contributed by atoms with van der Waals surface area (Å²) in [5.74, 6) is -2.62. The highest BCUT2D eigenvalue weighted by Gasteiger charge is 2.39. The largest absolute Gasteiger partial charge is 0.480 e. The van der Waals surface area contributed by atoms with Crippen molar-refractivity contribution in [2.75, 3.05) is 13.1 Å². The van der Waals surface area contributed by atoms with E-state index >= 15 is 0 Å². The van der Waals surface area contributed by atoms with E-state index in [1.807, 2.05) is 13.8 Å². The van der Waals surface area contributed by atoms with Crippen LogP contribution < -0.4 is 16.4 Å². The summed E-state index contributed by atoms with van der Waals surface area (Å²) in [6.07, 6.45) is 1.66. The van der Waals surface area contributed by atoms with Crippen LogP contribution in [0.25, 0.3) is 0 Å². The summed E-state index contributed by atoms with van der Waals surface area (Å²) in [6.45, 7) is 7.38. The summed E-state index contributed by atoms with van der Waals surface area (Å²) < 4.78 is 0. The van der Waals surface area contributed by atoms with E-state index in [9.17, 15) is 24.3 Å². The molecule has 1 aliphatic rings. The van der Waals surface area contributed by atoms with Gasteiger partial charge in [0.15, 0.2) is 0 Å². The number of nitrogens with two attached hydrogens (primary N) is 1. The lowest BCUT2D eigenvalue weighted by atomic mass is 9.97. The molecule has 3 amide bonds. The summed E-state index contributed by atoms with van der Waals surface area (Å²) in [6, 6.07) is -2.41. The molecule has 0 aromatic rings. The second-order valence-corrected chi connectivity index (χ2v) is 7.45. The summed E-state index contributed by atoms with van der Waals surface area (Å²) in [5, 5.41) is 14.4. The molecule has 1 aliphatic heterocycles. The predicted octanol–water partition coefficient (Wildman–Crippen LogP) is -0.308. The van der Waals surface area contributed by atoms with Crippen LogP contribution in [0.5, 0.6) is 0 Å². The summed E-state index contributed by atoms with van der Waals surface area (Å²) >= 11 is 0. The maximum atomic E-state index is 12.9. The first-order chi connectivity index (χ1) is 12.6. The van der Waals surface area contributed by atoms with Crippen LogP contribution in [0, 0.1) is 11.8 Å². The fraction of sp³-hybridized carbons (Fsp3) is 0.778. The number of hydrogen-bond donors (Lipinski definition) is 4. The van der Waals surface area contributed by atoms with E-state index in [4.69, 9.17) is 5.73 Å². The second-order valence-electron chi connectivity index (χ2n) is 7.45. The van der Waals surface area contributed by atoms with Gasteiger partial charge in [0.2, 0.25) is 17.7 Å². The molecule has 0 aromatic heterocycles. The Balaban J connectivity index is 2.74. The molecule has 1 saturated heterocycles. The Morgan fingerprint density at radius 3 is 2.37 bits per heavy atom. The van der Waals surface area contributed by atoms with E-state index < -0.39 is 41.8 Å². The van der Waals surface area contributed by atoms with Crippen molar-refractivity contribution in [1.82, 2.24) is 15.5 Å². The van der Waals surface area contributed by atoms with E-state index in [2.05, 4.69) is 10.6 Å². The molecule has 0 saturated carbocycles. The normalized spacial score (nSPS) is 20.1. The molecule has 1 rings (SSSR count). The molecule has 0 aliphatic carbocycles. The maximum Gasteiger partial charge on any atom is 0.326 e. The minimum absolute atomic E-state index is 0.0642. The van der Waals surface area contributed by atoms with Gasteiger partial charge in [0.25, 0.3) is 0 Å². The van der Waals surface area contributed by atoms with Crippen molar-refractivity contribution in [2.24, 2.45) is 17.6 Å². The Morgan fingerprint density at radius 1 is 1.22 bits per heavy atom. The zero-order valence-corrected chi connectivity index (χ0v) is 16.5. The van der Waals surface area contributed by atoms with Gasteiger partial charge in [-0.25, -0.2) is 4.79 Å². The van der Waals surface area contributed by atoms with Gasteiger partial charge in [-0.3, -0.25) is 14.4 Å². The molecule has 9 heteroatoms. The van der Waals surface area contributed by atoms with Crippen LogP contribution in [-0.4, -0.2) is 64.9 Å². The van der Waals surface area contributed by atoms with Gasteiger partial charge in [0.05, 0.1) is 12.6 Å². The average Bonchev–Trinajstić information content (AvgIpc) is 3.12. The van der Waals surface area contributed by atoms with Crippen LogP contribution in [0.3, 0.4) is 0 Å². The molecule has 0 aromatic carbocycles. The van der Waals surface area contributed by atoms with Gasteiger partial charge in [-0.2, -0.15) is 0 Å². The van der Waals surface area contributed by atoms with Crippen LogP contribution in [0.4, 0.5) is 0 Å². The fourth-order valence-corrected chi connectivity index (χ4v) is 2.96.